The summed E-state index contributed by atoms with van der Waals surface area (Å²) < 4.78 is 11.2. The molecule has 0 spiro atoms. The summed E-state index contributed by atoms with van der Waals surface area (Å²) in [6.07, 6.45) is 4.45. The van der Waals surface area contributed by atoms with E-state index < -0.39 is 0 Å². The lowest BCUT2D eigenvalue weighted by Crippen LogP contribution is -2.36. The van der Waals surface area contributed by atoms with E-state index in [1.165, 1.54) is 12.8 Å². The molecule has 6 nitrogen and oxygen atoms in total. The molecule has 2 aromatic carbocycles. The number of hydrogen-bond donors (Lipinski definition) is 1. The van der Waals surface area contributed by atoms with E-state index in [0.717, 1.165) is 24.0 Å². The maximum Gasteiger partial charge on any atom is 0.262 e. The monoisotopic (exact) mass is 377 g/mol. The van der Waals surface area contributed by atoms with Gasteiger partial charge in [-0.25, -0.2) is 0 Å². The van der Waals surface area contributed by atoms with Crippen LogP contribution in [-0.4, -0.2) is 28.7 Å². The van der Waals surface area contributed by atoms with E-state index in [0.29, 0.717) is 23.0 Å². The van der Waals surface area contributed by atoms with Crippen LogP contribution in [0.15, 0.2) is 53.1 Å². The minimum absolute atomic E-state index is 0.0354. The summed E-state index contributed by atoms with van der Waals surface area (Å²) in [5, 5.41) is 7.13. The Morgan fingerprint density at radius 2 is 1.82 bits per heavy atom. The predicted octanol–water partition coefficient (Wildman–Crippen LogP) is 4.15. The van der Waals surface area contributed by atoms with E-state index in [9.17, 15) is 4.79 Å². The van der Waals surface area contributed by atoms with Crippen LogP contribution in [0.3, 0.4) is 0 Å². The third-order valence-corrected chi connectivity index (χ3v) is 5.01. The fourth-order valence-corrected chi connectivity index (χ4v) is 3.52. The molecule has 1 aliphatic rings. The second-order valence-corrected chi connectivity index (χ2v) is 7.07. The summed E-state index contributed by atoms with van der Waals surface area (Å²) in [4.78, 5) is 16.7. The van der Waals surface area contributed by atoms with Crippen molar-refractivity contribution in [1.29, 1.82) is 0 Å². The Bertz CT molecular complexity index is 961. The Hall–Kier alpha value is -3.15. The summed E-state index contributed by atoms with van der Waals surface area (Å²) in [6, 6.07) is 15.5. The molecule has 0 atom stereocenters. The number of ether oxygens (including phenoxy) is 1. The van der Waals surface area contributed by atoms with Crippen molar-refractivity contribution >= 4 is 5.91 Å². The number of amides is 1. The molecular weight excluding hydrogens is 354 g/mol. The third-order valence-electron chi connectivity index (χ3n) is 5.01. The van der Waals surface area contributed by atoms with Crippen molar-refractivity contribution in [3.8, 4) is 28.6 Å². The average Bonchev–Trinajstić information content (AvgIpc) is 3.39. The fraction of sp³-hybridized carbons (Fsp3) is 0.318. The lowest BCUT2D eigenvalue weighted by Gasteiger charge is -2.13. The van der Waals surface area contributed by atoms with E-state index in [4.69, 9.17) is 9.26 Å². The molecule has 1 aliphatic carbocycles. The molecule has 1 N–H and O–H groups in total. The minimum Gasteiger partial charge on any atom is -0.483 e. The zero-order valence-corrected chi connectivity index (χ0v) is 15.9. The first-order chi connectivity index (χ1) is 13.7. The van der Waals surface area contributed by atoms with Crippen molar-refractivity contribution in [3.05, 3.63) is 54.1 Å². The van der Waals surface area contributed by atoms with Crippen molar-refractivity contribution in [3.63, 3.8) is 0 Å². The van der Waals surface area contributed by atoms with Gasteiger partial charge in [-0.15, -0.1) is 0 Å². The highest BCUT2D eigenvalue weighted by molar-refractivity contribution is 5.78. The van der Waals surface area contributed by atoms with Crippen LogP contribution in [0.4, 0.5) is 0 Å². The largest absolute Gasteiger partial charge is 0.483 e. The standard InChI is InChI=1S/C22H23N3O3/c1-15-8-2-5-11-17(15)21-24-22(28-25-21)18-12-6-7-13-19(18)27-14-20(26)23-16-9-3-4-10-16/h2,5-8,11-13,16H,3-4,9-10,14H2,1H3,(H,23,26). The molecule has 0 saturated heterocycles. The third kappa shape index (κ3) is 4.06. The van der Waals surface area contributed by atoms with Crippen LogP contribution < -0.4 is 10.1 Å². The number of benzene rings is 2. The van der Waals surface area contributed by atoms with Gasteiger partial charge in [-0.2, -0.15) is 4.98 Å². The highest BCUT2D eigenvalue weighted by Crippen LogP contribution is 2.30. The lowest BCUT2D eigenvalue weighted by atomic mass is 10.1. The van der Waals surface area contributed by atoms with Crippen molar-refractivity contribution in [2.75, 3.05) is 6.61 Å². The molecule has 3 aromatic rings. The van der Waals surface area contributed by atoms with Gasteiger partial charge in [-0.3, -0.25) is 4.79 Å². The number of aromatic nitrogens is 2. The summed E-state index contributed by atoms with van der Waals surface area (Å²) in [5.41, 5.74) is 2.67. The van der Waals surface area contributed by atoms with E-state index in [2.05, 4.69) is 15.5 Å². The first-order valence-electron chi connectivity index (χ1n) is 9.62. The second kappa shape index (κ2) is 8.25. The van der Waals surface area contributed by atoms with Crippen LogP contribution in [0, 0.1) is 6.92 Å². The van der Waals surface area contributed by atoms with Gasteiger partial charge in [-0.05, 0) is 37.5 Å². The zero-order valence-electron chi connectivity index (χ0n) is 15.9. The van der Waals surface area contributed by atoms with Gasteiger partial charge in [0.15, 0.2) is 6.61 Å². The number of aryl methyl sites for hydroxylation is 1. The molecule has 1 amide bonds. The van der Waals surface area contributed by atoms with Gasteiger partial charge in [0.1, 0.15) is 5.75 Å². The predicted molar refractivity (Wildman–Crippen MR) is 106 cm³/mol. The van der Waals surface area contributed by atoms with E-state index in [-0.39, 0.29) is 18.6 Å². The molecule has 0 aliphatic heterocycles. The summed E-state index contributed by atoms with van der Waals surface area (Å²) in [7, 11) is 0. The normalized spacial score (nSPS) is 14.2. The van der Waals surface area contributed by atoms with Gasteiger partial charge in [-0.1, -0.05) is 54.4 Å². The van der Waals surface area contributed by atoms with E-state index in [1.54, 1.807) is 6.07 Å². The molecule has 4 rings (SSSR count). The summed E-state index contributed by atoms with van der Waals surface area (Å²) in [6.45, 7) is 1.97. The Morgan fingerprint density at radius 3 is 2.61 bits per heavy atom. The summed E-state index contributed by atoms with van der Waals surface area (Å²) in [5.74, 6) is 1.34. The van der Waals surface area contributed by atoms with Crippen LogP contribution in [0.5, 0.6) is 5.75 Å². The molecule has 28 heavy (non-hydrogen) atoms. The van der Waals surface area contributed by atoms with Crippen LogP contribution >= 0.6 is 0 Å². The van der Waals surface area contributed by atoms with Crippen molar-refractivity contribution in [2.45, 2.75) is 38.6 Å². The molecule has 0 bridgehead atoms. The van der Waals surface area contributed by atoms with Gasteiger partial charge in [0.05, 0.1) is 5.56 Å². The molecule has 1 aromatic heterocycles. The maximum atomic E-state index is 12.2. The first kappa shape index (κ1) is 18.2. The molecule has 0 radical (unpaired) electrons. The zero-order chi connectivity index (χ0) is 19.3. The van der Waals surface area contributed by atoms with Crippen molar-refractivity contribution in [2.24, 2.45) is 0 Å². The van der Waals surface area contributed by atoms with Gasteiger partial charge < -0.3 is 14.6 Å². The van der Waals surface area contributed by atoms with Crippen LogP contribution in [-0.2, 0) is 4.79 Å². The summed E-state index contributed by atoms with van der Waals surface area (Å²) >= 11 is 0. The number of para-hydroxylation sites is 1. The Morgan fingerprint density at radius 1 is 1.11 bits per heavy atom. The molecule has 1 saturated carbocycles. The second-order valence-electron chi connectivity index (χ2n) is 7.07. The Labute approximate surface area is 163 Å². The molecular formula is C22H23N3O3. The smallest absolute Gasteiger partial charge is 0.262 e. The number of carbonyl (C=O) groups is 1. The topological polar surface area (TPSA) is 77.2 Å². The molecule has 144 valence electrons. The van der Waals surface area contributed by atoms with Crippen LogP contribution in [0.25, 0.3) is 22.8 Å². The number of nitrogens with zero attached hydrogens (tertiary/aromatic N) is 2. The van der Waals surface area contributed by atoms with Crippen LogP contribution in [0.1, 0.15) is 31.2 Å². The van der Waals surface area contributed by atoms with Gasteiger partial charge >= 0.3 is 0 Å². The van der Waals surface area contributed by atoms with Gasteiger partial charge in [0.25, 0.3) is 11.8 Å². The minimum atomic E-state index is -0.104. The number of nitrogens with one attached hydrogen (secondary N) is 1. The fourth-order valence-electron chi connectivity index (χ4n) is 3.52. The maximum absolute atomic E-state index is 12.2. The number of rotatable bonds is 6. The molecule has 6 heteroatoms. The van der Waals surface area contributed by atoms with E-state index >= 15 is 0 Å². The Kier molecular flexibility index (Phi) is 5.37. The lowest BCUT2D eigenvalue weighted by molar-refractivity contribution is -0.123. The SMILES string of the molecule is Cc1ccccc1-c1noc(-c2ccccc2OCC(=O)NC2CCCC2)n1. The van der Waals surface area contributed by atoms with Crippen LogP contribution in [0.2, 0.25) is 0 Å². The Balaban J connectivity index is 1.49. The van der Waals surface area contributed by atoms with Crippen molar-refractivity contribution < 1.29 is 14.1 Å². The van der Waals surface area contributed by atoms with Gasteiger partial charge in [0, 0.05) is 11.6 Å². The first-order valence-corrected chi connectivity index (χ1v) is 9.62. The molecule has 1 heterocycles. The molecule has 1 fully saturated rings. The average molecular weight is 377 g/mol. The van der Waals surface area contributed by atoms with Gasteiger partial charge in [0.2, 0.25) is 5.82 Å². The highest BCUT2D eigenvalue weighted by Gasteiger charge is 2.19. The molecule has 0 unspecified atom stereocenters. The highest BCUT2D eigenvalue weighted by atomic mass is 16.5. The van der Waals surface area contributed by atoms with E-state index in [1.807, 2.05) is 49.4 Å². The number of hydrogen-bond acceptors (Lipinski definition) is 5. The quantitative estimate of drug-likeness (QED) is 0.698. The van der Waals surface area contributed by atoms with Crippen molar-refractivity contribution in [1.82, 2.24) is 15.5 Å². The number of carbonyl (C=O) groups excluding carboxylic acids is 1.